The molecular weight excluding hydrogens is 296 g/mol. The molecule has 0 radical (unpaired) electrons. The molecule has 7 heteroatoms. The molecule has 0 fully saturated rings. The van der Waals surface area contributed by atoms with E-state index in [-0.39, 0.29) is 0 Å². The standard InChI is InChI=1S/C15H20N2O3.CH4N2/c1-20-14-9-3-2-6-12(14)7-5-11-17-13(15(18)19)8-4-10-16;2-1-3/h2-3,5-7,9,11,13H,4,8,10,16H2,1H3,(H,18,19);1H,(H3,2,3)/b7-5+,17-11?;. The highest BCUT2D eigenvalue weighted by Gasteiger charge is 2.13. The number of carboxylic acid groups (broad SMARTS) is 1. The molecule has 0 aliphatic carbocycles. The number of hydrogen-bond acceptors (Lipinski definition) is 5. The van der Waals surface area contributed by atoms with Gasteiger partial charge in [-0.05, 0) is 37.6 Å². The Labute approximate surface area is 136 Å². The number of nitrogens with zero attached hydrogens (tertiary/aromatic N) is 1. The summed E-state index contributed by atoms with van der Waals surface area (Å²) in [5.41, 5.74) is 10.7. The van der Waals surface area contributed by atoms with Crippen molar-refractivity contribution in [3.8, 4) is 5.75 Å². The highest BCUT2D eigenvalue weighted by atomic mass is 16.5. The van der Waals surface area contributed by atoms with Crippen LogP contribution in [0.15, 0.2) is 35.3 Å². The lowest BCUT2D eigenvalue weighted by molar-refractivity contribution is -0.138. The summed E-state index contributed by atoms with van der Waals surface area (Å²) >= 11 is 0. The molecule has 1 aromatic carbocycles. The highest BCUT2D eigenvalue weighted by Crippen LogP contribution is 2.18. The van der Waals surface area contributed by atoms with Crippen LogP contribution in [0.25, 0.3) is 6.08 Å². The van der Waals surface area contributed by atoms with Crippen LogP contribution in [0.3, 0.4) is 0 Å². The van der Waals surface area contributed by atoms with Gasteiger partial charge < -0.3 is 21.3 Å². The molecule has 7 nitrogen and oxygen atoms in total. The zero-order valence-corrected chi connectivity index (χ0v) is 13.2. The Hall–Kier alpha value is -2.67. The number of methoxy groups -OCH3 is 1. The molecule has 1 atom stereocenters. The van der Waals surface area contributed by atoms with E-state index in [0.717, 1.165) is 17.7 Å². The van der Waals surface area contributed by atoms with Gasteiger partial charge in [-0.15, -0.1) is 0 Å². The highest BCUT2D eigenvalue weighted by molar-refractivity contribution is 5.82. The van der Waals surface area contributed by atoms with E-state index in [9.17, 15) is 4.79 Å². The Morgan fingerprint density at radius 3 is 2.70 bits per heavy atom. The maximum absolute atomic E-state index is 11.0. The molecular formula is C16H24N4O3. The molecule has 0 spiro atoms. The Kier molecular flexibility index (Phi) is 11.5. The van der Waals surface area contributed by atoms with Crippen molar-refractivity contribution in [1.29, 1.82) is 5.41 Å². The Bertz CT molecular complexity index is 530. The number of para-hydroxylation sites is 1. The molecule has 1 unspecified atom stereocenters. The lowest BCUT2D eigenvalue weighted by Crippen LogP contribution is -2.19. The van der Waals surface area contributed by atoms with Crippen LogP contribution in [0.1, 0.15) is 18.4 Å². The molecule has 0 aliphatic heterocycles. The number of nitrogens with one attached hydrogen (secondary N) is 1. The first kappa shape index (κ1) is 20.3. The minimum Gasteiger partial charge on any atom is -0.496 e. The van der Waals surface area contributed by atoms with E-state index in [1.807, 2.05) is 30.3 Å². The van der Waals surface area contributed by atoms with Crippen LogP contribution in [0.5, 0.6) is 5.75 Å². The monoisotopic (exact) mass is 320 g/mol. The van der Waals surface area contributed by atoms with E-state index in [1.165, 1.54) is 6.21 Å². The van der Waals surface area contributed by atoms with Crippen molar-refractivity contribution in [2.24, 2.45) is 16.5 Å². The number of carbonyl (C=O) groups is 1. The largest absolute Gasteiger partial charge is 0.496 e. The average molecular weight is 320 g/mol. The van der Waals surface area contributed by atoms with Crippen LogP contribution in [-0.4, -0.2) is 43.3 Å². The predicted molar refractivity (Wildman–Crippen MR) is 93.2 cm³/mol. The predicted octanol–water partition coefficient (Wildman–Crippen LogP) is 1.52. The van der Waals surface area contributed by atoms with E-state index in [0.29, 0.717) is 19.4 Å². The van der Waals surface area contributed by atoms with Crippen molar-refractivity contribution in [1.82, 2.24) is 0 Å². The number of rotatable bonds is 8. The summed E-state index contributed by atoms with van der Waals surface area (Å²) in [6.45, 7) is 0.469. The van der Waals surface area contributed by atoms with Crippen LogP contribution in [0, 0.1) is 5.41 Å². The summed E-state index contributed by atoms with van der Waals surface area (Å²) in [5, 5.41) is 14.9. The molecule has 0 saturated carbocycles. The molecule has 6 N–H and O–H groups in total. The number of allylic oxidation sites excluding steroid dienone is 1. The van der Waals surface area contributed by atoms with Gasteiger partial charge in [-0.2, -0.15) is 0 Å². The molecule has 23 heavy (non-hydrogen) atoms. The van der Waals surface area contributed by atoms with Gasteiger partial charge in [0.05, 0.1) is 13.4 Å². The second-order valence-electron chi connectivity index (χ2n) is 4.35. The summed E-state index contributed by atoms with van der Waals surface area (Å²) < 4.78 is 5.21. The van der Waals surface area contributed by atoms with Crippen LogP contribution in [0.2, 0.25) is 0 Å². The van der Waals surface area contributed by atoms with Crippen molar-refractivity contribution in [2.75, 3.05) is 13.7 Å². The fourth-order valence-corrected chi connectivity index (χ4v) is 1.68. The normalized spacial score (nSPS) is 11.7. The van der Waals surface area contributed by atoms with Gasteiger partial charge in [-0.25, -0.2) is 4.79 Å². The third kappa shape index (κ3) is 9.05. The Morgan fingerprint density at radius 1 is 1.48 bits per heavy atom. The number of aliphatic carboxylic acids is 1. The van der Waals surface area contributed by atoms with E-state index >= 15 is 0 Å². The van der Waals surface area contributed by atoms with Crippen LogP contribution < -0.4 is 16.2 Å². The number of hydrogen-bond donors (Lipinski definition) is 4. The SMILES string of the molecule is COc1ccccc1/C=C/C=NC(CCCN)C(=O)O.N=CN. The maximum atomic E-state index is 11.0. The zero-order valence-electron chi connectivity index (χ0n) is 13.2. The number of nitrogens with two attached hydrogens (primary N) is 2. The fourth-order valence-electron chi connectivity index (χ4n) is 1.68. The van der Waals surface area contributed by atoms with Gasteiger partial charge in [0.15, 0.2) is 0 Å². The lowest BCUT2D eigenvalue weighted by atomic mass is 10.1. The summed E-state index contributed by atoms with van der Waals surface area (Å²) in [7, 11) is 1.61. The molecule has 1 aromatic rings. The quantitative estimate of drug-likeness (QED) is 0.425. The molecule has 0 bridgehead atoms. The van der Waals surface area contributed by atoms with Crippen molar-refractivity contribution in [2.45, 2.75) is 18.9 Å². The van der Waals surface area contributed by atoms with Crippen molar-refractivity contribution in [3.63, 3.8) is 0 Å². The first-order valence-corrected chi connectivity index (χ1v) is 7.07. The summed E-state index contributed by atoms with van der Waals surface area (Å²) in [6, 6.07) is 6.82. The molecule has 0 heterocycles. The van der Waals surface area contributed by atoms with E-state index in [1.54, 1.807) is 13.2 Å². The molecule has 0 saturated heterocycles. The fraction of sp³-hybridized carbons (Fsp3) is 0.312. The minimum absolute atomic E-state index is 0.449. The van der Waals surface area contributed by atoms with Crippen molar-refractivity contribution < 1.29 is 14.6 Å². The summed E-state index contributed by atoms with van der Waals surface area (Å²) in [6.07, 6.45) is 6.87. The average Bonchev–Trinajstić information content (AvgIpc) is 2.55. The van der Waals surface area contributed by atoms with E-state index in [2.05, 4.69) is 10.7 Å². The topological polar surface area (TPSA) is 135 Å². The summed E-state index contributed by atoms with van der Waals surface area (Å²) in [5.74, 6) is -0.171. The number of ether oxygens (including phenoxy) is 1. The third-order valence-electron chi connectivity index (χ3n) is 2.73. The van der Waals surface area contributed by atoms with E-state index in [4.69, 9.17) is 21.0 Å². The smallest absolute Gasteiger partial charge is 0.328 e. The first-order valence-electron chi connectivity index (χ1n) is 7.07. The van der Waals surface area contributed by atoms with Gasteiger partial charge in [-0.3, -0.25) is 10.4 Å². The van der Waals surface area contributed by atoms with Gasteiger partial charge in [-0.1, -0.05) is 18.2 Å². The second kappa shape index (κ2) is 13.0. The molecule has 126 valence electrons. The van der Waals surface area contributed by atoms with Gasteiger partial charge in [0, 0.05) is 11.8 Å². The molecule has 1 rings (SSSR count). The van der Waals surface area contributed by atoms with Crippen molar-refractivity contribution >= 4 is 24.6 Å². The van der Waals surface area contributed by atoms with Crippen molar-refractivity contribution in [3.05, 3.63) is 35.9 Å². The number of carboxylic acids is 1. The zero-order chi connectivity index (χ0) is 17.5. The third-order valence-corrected chi connectivity index (χ3v) is 2.73. The number of benzene rings is 1. The second-order valence-corrected chi connectivity index (χ2v) is 4.35. The lowest BCUT2D eigenvalue weighted by Gasteiger charge is -2.05. The van der Waals surface area contributed by atoms with Gasteiger partial charge in [0.25, 0.3) is 0 Å². The van der Waals surface area contributed by atoms with Crippen LogP contribution in [0.4, 0.5) is 0 Å². The number of aliphatic imine (C=N–C) groups is 1. The molecule has 0 amide bonds. The Morgan fingerprint density at radius 2 is 2.13 bits per heavy atom. The first-order chi connectivity index (χ1) is 11.1. The molecule has 0 aromatic heterocycles. The van der Waals surface area contributed by atoms with Gasteiger partial charge in [0.2, 0.25) is 0 Å². The maximum Gasteiger partial charge on any atom is 0.328 e. The van der Waals surface area contributed by atoms with Gasteiger partial charge in [0.1, 0.15) is 11.8 Å². The Balaban J connectivity index is 0.00000149. The van der Waals surface area contributed by atoms with Crippen LogP contribution in [-0.2, 0) is 4.79 Å². The molecule has 0 aliphatic rings. The minimum atomic E-state index is -0.930. The van der Waals surface area contributed by atoms with Gasteiger partial charge >= 0.3 is 5.97 Å². The summed E-state index contributed by atoms with van der Waals surface area (Å²) in [4.78, 5) is 15.0. The van der Waals surface area contributed by atoms with E-state index < -0.39 is 12.0 Å². The van der Waals surface area contributed by atoms with Crippen LogP contribution >= 0.6 is 0 Å².